The van der Waals surface area contributed by atoms with Crippen molar-refractivity contribution >= 4 is 22.5 Å². The molecule has 0 aliphatic heterocycles. The number of anilines is 1. The number of nitrogens with one attached hydrogen (secondary N) is 1. The summed E-state index contributed by atoms with van der Waals surface area (Å²) in [6, 6.07) is 27.6. The average molecular weight is 394 g/mol. The third kappa shape index (κ3) is 3.46. The zero-order valence-electron chi connectivity index (χ0n) is 16.0. The molecule has 1 amide bonds. The lowest BCUT2D eigenvalue weighted by molar-refractivity contribution is -0.116. The highest BCUT2D eigenvalue weighted by molar-refractivity contribution is 5.94. The fraction of sp³-hybridized carbons (Fsp3) is 0.0417. The van der Waals surface area contributed by atoms with Crippen molar-refractivity contribution in [2.75, 3.05) is 5.32 Å². The van der Waals surface area contributed by atoms with Gasteiger partial charge in [0, 0.05) is 27.8 Å². The average Bonchev–Trinajstić information content (AvgIpc) is 3.44. The Morgan fingerprint density at radius 2 is 1.70 bits per heavy atom. The molecule has 0 aliphatic rings. The van der Waals surface area contributed by atoms with Crippen LogP contribution in [0.3, 0.4) is 0 Å². The molecule has 2 aromatic heterocycles. The van der Waals surface area contributed by atoms with Gasteiger partial charge in [-0.05, 0) is 35.9 Å². The van der Waals surface area contributed by atoms with Gasteiger partial charge in [0.2, 0.25) is 18.2 Å². The lowest BCUT2D eigenvalue weighted by atomic mass is 10.1. The minimum Gasteiger partial charge on any atom is -0.423 e. The maximum absolute atomic E-state index is 12.9. The molecule has 3 aromatic carbocycles. The molecule has 2 heterocycles. The summed E-state index contributed by atoms with van der Waals surface area (Å²) >= 11 is 0. The molecule has 0 aliphatic carbocycles. The first-order valence-electron chi connectivity index (χ1n) is 9.58. The van der Waals surface area contributed by atoms with E-state index in [0.717, 1.165) is 27.7 Å². The van der Waals surface area contributed by atoms with E-state index in [4.69, 9.17) is 4.42 Å². The Bertz CT molecular complexity index is 1310. The van der Waals surface area contributed by atoms with Gasteiger partial charge in [0.25, 0.3) is 0 Å². The van der Waals surface area contributed by atoms with Crippen LogP contribution in [0.4, 0.5) is 5.69 Å². The van der Waals surface area contributed by atoms with Gasteiger partial charge in [-0.2, -0.15) is 0 Å². The zero-order valence-corrected chi connectivity index (χ0v) is 16.0. The van der Waals surface area contributed by atoms with E-state index in [2.05, 4.69) is 39.8 Å². The molecule has 146 valence electrons. The summed E-state index contributed by atoms with van der Waals surface area (Å²) in [5.41, 5.74) is 4.52. The number of hydrogen-bond donors (Lipinski definition) is 1. The van der Waals surface area contributed by atoms with E-state index in [9.17, 15) is 4.79 Å². The molecule has 6 nitrogen and oxygen atoms in total. The van der Waals surface area contributed by atoms with Crippen molar-refractivity contribution in [3.63, 3.8) is 0 Å². The van der Waals surface area contributed by atoms with Crippen molar-refractivity contribution in [1.29, 1.82) is 0 Å². The van der Waals surface area contributed by atoms with Crippen molar-refractivity contribution in [3.8, 4) is 22.7 Å². The van der Waals surface area contributed by atoms with Crippen molar-refractivity contribution in [2.45, 2.75) is 6.54 Å². The van der Waals surface area contributed by atoms with Gasteiger partial charge < -0.3 is 14.3 Å². The first-order chi connectivity index (χ1) is 14.8. The van der Waals surface area contributed by atoms with Crippen LogP contribution in [0.2, 0.25) is 0 Å². The van der Waals surface area contributed by atoms with Crippen LogP contribution >= 0.6 is 0 Å². The molecule has 0 bridgehead atoms. The van der Waals surface area contributed by atoms with Gasteiger partial charge in [-0.1, -0.05) is 54.6 Å². The highest BCUT2D eigenvalue weighted by Gasteiger charge is 2.14. The van der Waals surface area contributed by atoms with E-state index in [1.165, 1.54) is 6.39 Å². The monoisotopic (exact) mass is 394 g/mol. The number of para-hydroxylation sites is 1. The smallest absolute Gasteiger partial charge is 0.247 e. The molecule has 0 atom stereocenters. The second-order valence-electron chi connectivity index (χ2n) is 6.91. The number of rotatable bonds is 5. The van der Waals surface area contributed by atoms with Crippen molar-refractivity contribution in [1.82, 2.24) is 14.8 Å². The Balaban J connectivity index is 1.45. The summed E-state index contributed by atoms with van der Waals surface area (Å²) in [7, 11) is 0. The molecular weight excluding hydrogens is 376 g/mol. The van der Waals surface area contributed by atoms with Crippen LogP contribution in [-0.4, -0.2) is 20.7 Å². The van der Waals surface area contributed by atoms with Gasteiger partial charge >= 0.3 is 0 Å². The third-order valence-corrected chi connectivity index (χ3v) is 4.94. The minimum absolute atomic E-state index is 0.115. The Labute approximate surface area is 172 Å². The topological polar surface area (TPSA) is 73.0 Å². The molecule has 0 fully saturated rings. The number of benzene rings is 3. The maximum Gasteiger partial charge on any atom is 0.247 e. The Morgan fingerprint density at radius 3 is 2.53 bits per heavy atom. The number of hydrogen-bond acceptors (Lipinski definition) is 4. The van der Waals surface area contributed by atoms with Gasteiger partial charge in [-0.3, -0.25) is 4.79 Å². The SMILES string of the molecule is O=C(Cn1c(-c2ccccc2)cc2ccccc21)Nc1cccc(-c2nnco2)c1. The molecular formula is C24H18N4O2. The quantitative estimate of drug-likeness (QED) is 0.455. The molecule has 30 heavy (non-hydrogen) atoms. The number of nitrogens with zero attached hydrogens (tertiary/aromatic N) is 3. The molecule has 0 saturated heterocycles. The summed E-state index contributed by atoms with van der Waals surface area (Å²) in [5.74, 6) is 0.296. The van der Waals surface area contributed by atoms with E-state index < -0.39 is 0 Å². The van der Waals surface area contributed by atoms with E-state index in [1.54, 1.807) is 0 Å². The highest BCUT2D eigenvalue weighted by Crippen LogP contribution is 2.28. The fourth-order valence-electron chi connectivity index (χ4n) is 3.60. The molecule has 5 aromatic rings. The molecule has 0 saturated carbocycles. The first kappa shape index (κ1) is 17.9. The summed E-state index contributed by atoms with van der Waals surface area (Å²) in [6.07, 6.45) is 1.28. The number of aromatic nitrogens is 3. The lowest BCUT2D eigenvalue weighted by Gasteiger charge is -2.12. The highest BCUT2D eigenvalue weighted by atomic mass is 16.4. The Morgan fingerprint density at radius 1 is 0.900 bits per heavy atom. The fourth-order valence-corrected chi connectivity index (χ4v) is 3.60. The van der Waals surface area contributed by atoms with Gasteiger partial charge in [-0.15, -0.1) is 10.2 Å². The Kier molecular flexibility index (Phi) is 4.57. The molecule has 1 N–H and O–H groups in total. The van der Waals surface area contributed by atoms with Gasteiger partial charge in [0.15, 0.2) is 0 Å². The van der Waals surface area contributed by atoms with Crippen LogP contribution in [-0.2, 0) is 11.3 Å². The lowest BCUT2D eigenvalue weighted by Crippen LogP contribution is -2.19. The number of carbonyl (C=O) groups excluding carboxylic acids is 1. The second kappa shape index (κ2) is 7.67. The number of carbonyl (C=O) groups is 1. The summed E-state index contributed by atoms with van der Waals surface area (Å²) in [6.45, 7) is 0.197. The summed E-state index contributed by atoms with van der Waals surface area (Å²) < 4.78 is 7.28. The van der Waals surface area contributed by atoms with Crippen molar-refractivity contribution in [3.05, 3.63) is 91.3 Å². The second-order valence-corrected chi connectivity index (χ2v) is 6.91. The molecule has 6 heteroatoms. The van der Waals surface area contributed by atoms with Gasteiger partial charge in [0.1, 0.15) is 6.54 Å². The Hall–Kier alpha value is -4.19. The predicted molar refractivity (Wildman–Crippen MR) is 116 cm³/mol. The molecule has 0 unspecified atom stereocenters. The van der Waals surface area contributed by atoms with E-state index in [0.29, 0.717) is 11.6 Å². The van der Waals surface area contributed by atoms with Gasteiger partial charge in [-0.25, -0.2) is 0 Å². The predicted octanol–water partition coefficient (Wildman–Crippen LogP) is 5.00. The van der Waals surface area contributed by atoms with Crippen LogP contribution < -0.4 is 5.32 Å². The molecule has 0 spiro atoms. The largest absolute Gasteiger partial charge is 0.423 e. The van der Waals surface area contributed by atoms with Crippen LogP contribution in [0.1, 0.15) is 0 Å². The van der Waals surface area contributed by atoms with E-state index in [1.807, 2.05) is 65.2 Å². The number of fused-ring (bicyclic) bond motifs is 1. The van der Waals surface area contributed by atoms with Crippen LogP contribution in [0.25, 0.3) is 33.6 Å². The third-order valence-electron chi connectivity index (χ3n) is 4.94. The summed E-state index contributed by atoms with van der Waals surface area (Å²) in [5, 5.41) is 11.7. The van der Waals surface area contributed by atoms with Crippen LogP contribution in [0.5, 0.6) is 0 Å². The van der Waals surface area contributed by atoms with Crippen molar-refractivity contribution < 1.29 is 9.21 Å². The van der Waals surface area contributed by atoms with Crippen LogP contribution in [0, 0.1) is 0 Å². The first-order valence-corrected chi connectivity index (χ1v) is 9.58. The van der Waals surface area contributed by atoms with E-state index >= 15 is 0 Å². The summed E-state index contributed by atoms with van der Waals surface area (Å²) in [4.78, 5) is 12.9. The van der Waals surface area contributed by atoms with E-state index in [-0.39, 0.29) is 12.5 Å². The minimum atomic E-state index is -0.115. The molecule has 0 radical (unpaired) electrons. The molecule has 5 rings (SSSR count). The zero-order chi connectivity index (χ0) is 20.3. The van der Waals surface area contributed by atoms with Crippen LogP contribution in [0.15, 0.2) is 95.7 Å². The normalized spacial score (nSPS) is 10.9. The number of amides is 1. The van der Waals surface area contributed by atoms with Gasteiger partial charge in [0.05, 0.1) is 0 Å². The van der Waals surface area contributed by atoms with Crippen molar-refractivity contribution in [2.24, 2.45) is 0 Å². The standard InChI is InChI=1S/C24H18N4O2/c29-23(26-20-11-6-10-19(13-20)24-27-25-16-30-24)15-28-21-12-5-4-9-18(21)14-22(28)17-7-2-1-3-8-17/h1-14,16H,15H2,(H,26,29). The maximum atomic E-state index is 12.9.